The van der Waals surface area contributed by atoms with Gasteiger partial charge in [-0.2, -0.15) is 0 Å². The highest BCUT2D eigenvalue weighted by Gasteiger charge is 2.51. The Morgan fingerprint density at radius 1 is 0.938 bits per heavy atom. The van der Waals surface area contributed by atoms with Crippen LogP contribution in [-0.2, 0) is 17.8 Å². The van der Waals surface area contributed by atoms with Crippen molar-refractivity contribution in [3.05, 3.63) is 94.8 Å². The van der Waals surface area contributed by atoms with Crippen LogP contribution in [0.1, 0.15) is 33.2 Å². The van der Waals surface area contributed by atoms with E-state index in [1.807, 2.05) is 24.3 Å². The number of aliphatic hydroxyl groups excluding tert-OH is 3. The number of amides is 2. The van der Waals surface area contributed by atoms with Crippen LogP contribution in [0.3, 0.4) is 0 Å². The third-order valence-corrected chi connectivity index (χ3v) is 8.83. The Bertz CT molecular complexity index is 1850. The lowest BCUT2D eigenvalue weighted by atomic mass is 9.77. The molecule has 6 rings (SSSR count). The van der Waals surface area contributed by atoms with Crippen molar-refractivity contribution in [2.75, 3.05) is 41.0 Å². The number of furan rings is 1. The molecule has 0 radical (unpaired) electrons. The van der Waals surface area contributed by atoms with Crippen LogP contribution in [0.2, 0.25) is 0 Å². The van der Waals surface area contributed by atoms with Crippen molar-refractivity contribution in [3.63, 3.8) is 0 Å². The van der Waals surface area contributed by atoms with Crippen molar-refractivity contribution in [1.82, 2.24) is 10.2 Å². The second kappa shape index (κ2) is 14.0. The first-order chi connectivity index (χ1) is 23.3. The Balaban J connectivity index is 1.45. The highest BCUT2D eigenvalue weighted by Crippen LogP contribution is 2.51. The van der Waals surface area contributed by atoms with Crippen LogP contribution in [0.15, 0.2) is 76.7 Å². The number of aliphatic hydroxyl groups is 3. The molecule has 0 saturated carbocycles. The number of methoxy groups -OCH3 is 3. The third-order valence-electron chi connectivity index (χ3n) is 8.83. The van der Waals surface area contributed by atoms with Gasteiger partial charge in [-0.05, 0) is 60.0 Å². The summed E-state index contributed by atoms with van der Waals surface area (Å²) in [6.07, 6.45) is -0.317. The van der Waals surface area contributed by atoms with Gasteiger partial charge in [-0.1, -0.05) is 24.3 Å². The number of rotatable bonds is 12. The average molecular weight is 659 g/mol. The van der Waals surface area contributed by atoms with Crippen LogP contribution < -0.4 is 24.3 Å². The van der Waals surface area contributed by atoms with Gasteiger partial charge >= 0.3 is 0 Å². The molecule has 0 spiro atoms. The lowest BCUT2D eigenvalue weighted by Crippen LogP contribution is -2.56. The molecule has 12 heteroatoms. The number of benzene rings is 3. The van der Waals surface area contributed by atoms with Gasteiger partial charge in [-0.15, -0.1) is 0 Å². The molecule has 2 amide bonds. The van der Waals surface area contributed by atoms with Crippen molar-refractivity contribution in [3.8, 4) is 23.0 Å². The molecule has 4 N–H and O–H groups in total. The van der Waals surface area contributed by atoms with Gasteiger partial charge in [0.15, 0.2) is 28.6 Å². The Labute approximate surface area is 277 Å². The molecule has 4 aromatic rings. The number of hydrogen-bond acceptors (Lipinski definition) is 10. The number of nitrogens with one attached hydrogen (secondary N) is 1. The van der Waals surface area contributed by atoms with Crippen LogP contribution in [0.25, 0.3) is 11.0 Å². The maximum Gasteiger partial charge on any atom is 0.290 e. The Morgan fingerprint density at radius 3 is 2.46 bits per heavy atom. The first-order valence-corrected chi connectivity index (χ1v) is 15.6. The highest BCUT2D eigenvalue weighted by atomic mass is 16.5. The fourth-order valence-electron chi connectivity index (χ4n) is 6.53. The predicted octanol–water partition coefficient (Wildman–Crippen LogP) is 2.96. The molecule has 2 heterocycles. The summed E-state index contributed by atoms with van der Waals surface area (Å²) in [6.45, 7) is -0.438. The molecule has 12 nitrogen and oxygen atoms in total. The maximum atomic E-state index is 14.5. The minimum Gasteiger partial charge on any atom is -0.497 e. The highest BCUT2D eigenvalue weighted by molar-refractivity contribution is 5.99. The fraction of sp³-hybridized carbons (Fsp3) is 0.333. The lowest BCUT2D eigenvalue weighted by molar-refractivity contribution is -0.118. The smallest absolute Gasteiger partial charge is 0.290 e. The molecule has 1 aliphatic heterocycles. The van der Waals surface area contributed by atoms with E-state index in [9.17, 15) is 24.9 Å². The Hall–Kier alpha value is -5.04. The SMILES string of the molecule is COc1cccc(CCN(C(=O)c2cc3cccc(OC)c3o2)C2C=C(C(=O)NCCO)C3c4cc(CO)cc(OC)c4OC3C2O)c1. The van der Waals surface area contributed by atoms with Crippen molar-refractivity contribution in [2.24, 2.45) is 0 Å². The molecule has 0 fully saturated rings. The monoisotopic (exact) mass is 658 g/mol. The number of carbonyl (C=O) groups is 2. The number of para-hydroxylation sites is 1. The molecule has 3 aromatic carbocycles. The quantitative estimate of drug-likeness (QED) is 0.178. The summed E-state index contributed by atoms with van der Waals surface area (Å²) in [5.74, 6) is 0.0681. The molecule has 0 bridgehead atoms. The minimum absolute atomic E-state index is 0.00615. The first kappa shape index (κ1) is 32.9. The summed E-state index contributed by atoms with van der Waals surface area (Å²) in [4.78, 5) is 29.6. The number of fused-ring (bicyclic) bond motifs is 4. The van der Waals surface area contributed by atoms with E-state index in [0.717, 1.165) is 5.56 Å². The number of hydrogen-bond donors (Lipinski definition) is 4. The molecule has 1 aliphatic carbocycles. The van der Waals surface area contributed by atoms with Crippen LogP contribution in [0, 0.1) is 0 Å². The second-order valence-electron chi connectivity index (χ2n) is 11.6. The normalized spacial score (nSPS) is 19.5. The van der Waals surface area contributed by atoms with E-state index in [2.05, 4.69) is 5.32 Å². The summed E-state index contributed by atoms with van der Waals surface area (Å²) in [7, 11) is 4.56. The molecule has 0 saturated heterocycles. The van der Waals surface area contributed by atoms with Gasteiger partial charge in [0, 0.05) is 29.6 Å². The molecule has 2 aliphatic rings. The summed E-state index contributed by atoms with van der Waals surface area (Å²) < 4.78 is 28.8. The van der Waals surface area contributed by atoms with Crippen LogP contribution in [0.5, 0.6) is 23.0 Å². The van der Waals surface area contributed by atoms with Gasteiger partial charge in [0.25, 0.3) is 5.91 Å². The predicted molar refractivity (Wildman–Crippen MR) is 175 cm³/mol. The number of ether oxygens (including phenoxy) is 4. The topological polar surface area (TPSA) is 160 Å². The molecule has 48 heavy (non-hydrogen) atoms. The van der Waals surface area contributed by atoms with E-state index in [-0.39, 0.29) is 37.6 Å². The molecule has 4 unspecified atom stereocenters. The second-order valence-corrected chi connectivity index (χ2v) is 11.6. The summed E-state index contributed by atoms with van der Waals surface area (Å²) in [5, 5.41) is 34.8. The maximum absolute atomic E-state index is 14.5. The number of carbonyl (C=O) groups excluding carboxylic acids is 2. The van der Waals surface area contributed by atoms with Crippen molar-refractivity contribution in [1.29, 1.82) is 0 Å². The van der Waals surface area contributed by atoms with Crippen LogP contribution in [0.4, 0.5) is 0 Å². The molecular formula is C36H38N2O10. The summed E-state index contributed by atoms with van der Waals surface area (Å²) in [5.41, 5.74) is 2.63. The zero-order chi connectivity index (χ0) is 33.9. The van der Waals surface area contributed by atoms with E-state index in [1.54, 1.807) is 49.6 Å². The van der Waals surface area contributed by atoms with Crippen LogP contribution >= 0.6 is 0 Å². The van der Waals surface area contributed by atoms with E-state index in [4.69, 9.17) is 23.4 Å². The van der Waals surface area contributed by atoms with Gasteiger partial charge < -0.3 is 48.9 Å². The van der Waals surface area contributed by atoms with Crippen LogP contribution in [-0.4, -0.2) is 91.3 Å². The van der Waals surface area contributed by atoms with E-state index in [0.29, 0.717) is 51.5 Å². The molecule has 252 valence electrons. The van der Waals surface area contributed by atoms with Gasteiger partial charge in [0.1, 0.15) is 18.0 Å². The molecule has 1 aromatic heterocycles. The molecular weight excluding hydrogens is 620 g/mol. The largest absolute Gasteiger partial charge is 0.497 e. The molecule has 4 atom stereocenters. The van der Waals surface area contributed by atoms with Crippen molar-refractivity contribution in [2.45, 2.75) is 37.2 Å². The average Bonchev–Trinajstić information content (AvgIpc) is 3.74. The zero-order valence-electron chi connectivity index (χ0n) is 26.8. The van der Waals surface area contributed by atoms with Crippen molar-refractivity contribution < 1.29 is 48.3 Å². The lowest BCUT2D eigenvalue weighted by Gasteiger charge is -2.40. The van der Waals surface area contributed by atoms with Gasteiger partial charge in [0.05, 0.1) is 46.5 Å². The Kier molecular flexibility index (Phi) is 9.58. The zero-order valence-corrected chi connectivity index (χ0v) is 26.8. The minimum atomic E-state index is -1.30. The Morgan fingerprint density at radius 2 is 1.73 bits per heavy atom. The van der Waals surface area contributed by atoms with Gasteiger partial charge in [-0.25, -0.2) is 0 Å². The third kappa shape index (κ3) is 6.05. The van der Waals surface area contributed by atoms with E-state index < -0.39 is 36.0 Å². The standard InChI is InChI=1S/C36H38N2O10/c1-44-23-8-4-6-20(14-23)10-12-38(36(43)29-17-22-7-5-9-27(45-2)32(22)47-29)26-18-25(35(42)37-11-13-39)30-24-15-21(19-40)16-28(46-3)33(24)48-34(30)31(26)41/h4-9,14-18,26,30-31,34,39-41H,10-13,19H2,1-3H3,(H,37,42). The summed E-state index contributed by atoms with van der Waals surface area (Å²) in [6, 6.07) is 16.7. The first-order valence-electron chi connectivity index (χ1n) is 15.6. The fourth-order valence-corrected chi connectivity index (χ4v) is 6.53. The van der Waals surface area contributed by atoms with Gasteiger partial charge in [-0.3, -0.25) is 9.59 Å². The van der Waals surface area contributed by atoms with Gasteiger partial charge in [0.2, 0.25) is 5.91 Å². The van der Waals surface area contributed by atoms with E-state index >= 15 is 0 Å². The van der Waals surface area contributed by atoms with Crippen molar-refractivity contribution >= 4 is 22.8 Å². The summed E-state index contributed by atoms with van der Waals surface area (Å²) >= 11 is 0. The number of nitrogens with zero attached hydrogens (tertiary/aromatic N) is 1. The van der Waals surface area contributed by atoms with E-state index in [1.165, 1.54) is 19.1 Å².